The predicted octanol–water partition coefficient (Wildman–Crippen LogP) is 5.27. The van der Waals surface area contributed by atoms with E-state index in [0.29, 0.717) is 29.6 Å². The van der Waals surface area contributed by atoms with Crippen molar-refractivity contribution in [1.29, 1.82) is 0 Å². The lowest BCUT2D eigenvalue weighted by molar-refractivity contribution is -0.111. The molecule has 4 rings (SSSR count). The van der Waals surface area contributed by atoms with Crippen LogP contribution in [0.15, 0.2) is 60.7 Å². The fraction of sp³-hybridized carbons (Fsp3) is 0.333. The molecule has 1 unspecified atom stereocenters. The Morgan fingerprint density at radius 1 is 1.17 bits per heavy atom. The van der Waals surface area contributed by atoms with Crippen LogP contribution in [-0.2, 0) is 4.79 Å². The SMILES string of the molecule is CCCCCC/C=C/COc1ccc(C=CC(=O)Nc2cccc3c2OC(c2nnn[nH]2)CO3)cc1. The first-order chi connectivity index (χ1) is 17.7. The van der Waals surface area contributed by atoms with Gasteiger partial charge in [-0.2, -0.15) is 0 Å². The number of aromatic amines is 1. The molecule has 0 aliphatic carbocycles. The number of aromatic nitrogens is 4. The molecular formula is C27H31N5O4. The number of allylic oxidation sites excluding steroid dienone is 1. The van der Waals surface area contributed by atoms with Crippen molar-refractivity contribution in [1.82, 2.24) is 20.6 Å². The van der Waals surface area contributed by atoms with Crippen LogP contribution in [-0.4, -0.2) is 39.7 Å². The highest BCUT2D eigenvalue weighted by Gasteiger charge is 2.27. The van der Waals surface area contributed by atoms with Crippen LogP contribution in [0, 0.1) is 0 Å². The van der Waals surface area contributed by atoms with Crippen molar-refractivity contribution in [3.8, 4) is 17.2 Å². The van der Waals surface area contributed by atoms with Gasteiger partial charge in [0.05, 0.1) is 5.69 Å². The first-order valence-corrected chi connectivity index (χ1v) is 12.3. The second-order valence-electron chi connectivity index (χ2n) is 8.36. The van der Waals surface area contributed by atoms with Crippen LogP contribution in [0.3, 0.4) is 0 Å². The number of rotatable bonds is 12. The van der Waals surface area contributed by atoms with Crippen LogP contribution in [0.5, 0.6) is 17.2 Å². The second-order valence-corrected chi connectivity index (χ2v) is 8.36. The van der Waals surface area contributed by atoms with Crippen molar-refractivity contribution in [3.05, 3.63) is 72.1 Å². The topological polar surface area (TPSA) is 111 Å². The van der Waals surface area contributed by atoms with Crippen LogP contribution in [0.25, 0.3) is 6.08 Å². The van der Waals surface area contributed by atoms with Gasteiger partial charge in [-0.3, -0.25) is 4.79 Å². The van der Waals surface area contributed by atoms with Crippen molar-refractivity contribution in [2.45, 2.75) is 45.1 Å². The number of para-hydroxylation sites is 1. The van der Waals surface area contributed by atoms with Crippen molar-refractivity contribution in [3.63, 3.8) is 0 Å². The van der Waals surface area contributed by atoms with E-state index in [1.165, 1.54) is 31.8 Å². The van der Waals surface area contributed by atoms with E-state index < -0.39 is 6.10 Å². The van der Waals surface area contributed by atoms with Crippen molar-refractivity contribution < 1.29 is 19.0 Å². The zero-order valence-electron chi connectivity index (χ0n) is 20.4. The lowest BCUT2D eigenvalue weighted by atomic mass is 10.1. The second kappa shape index (κ2) is 13.1. The number of nitrogens with zero attached hydrogens (tertiary/aromatic N) is 3. The van der Waals surface area contributed by atoms with E-state index in [1.807, 2.05) is 24.3 Å². The number of anilines is 1. The number of hydrogen-bond acceptors (Lipinski definition) is 7. The minimum Gasteiger partial charge on any atom is -0.490 e. The number of tetrazole rings is 1. The van der Waals surface area contributed by atoms with Gasteiger partial charge in [-0.25, -0.2) is 5.10 Å². The third kappa shape index (κ3) is 7.18. The van der Waals surface area contributed by atoms with Gasteiger partial charge in [-0.1, -0.05) is 56.5 Å². The molecule has 36 heavy (non-hydrogen) atoms. The van der Waals surface area contributed by atoms with Crippen molar-refractivity contribution in [2.75, 3.05) is 18.5 Å². The largest absolute Gasteiger partial charge is 0.490 e. The van der Waals surface area contributed by atoms with Crippen LogP contribution in [0.2, 0.25) is 0 Å². The molecule has 1 atom stereocenters. The molecule has 1 amide bonds. The summed E-state index contributed by atoms with van der Waals surface area (Å²) < 4.78 is 17.5. The summed E-state index contributed by atoms with van der Waals surface area (Å²) in [4.78, 5) is 12.6. The fourth-order valence-corrected chi connectivity index (χ4v) is 3.67. The number of nitrogens with one attached hydrogen (secondary N) is 2. The Morgan fingerprint density at radius 2 is 2.06 bits per heavy atom. The average molecular weight is 490 g/mol. The van der Waals surface area contributed by atoms with E-state index in [4.69, 9.17) is 14.2 Å². The molecule has 2 aromatic carbocycles. The Labute approximate surface area is 210 Å². The highest BCUT2D eigenvalue weighted by molar-refractivity contribution is 6.03. The number of fused-ring (bicyclic) bond motifs is 1. The number of benzene rings is 2. The van der Waals surface area contributed by atoms with Crippen molar-refractivity contribution >= 4 is 17.7 Å². The van der Waals surface area contributed by atoms with E-state index in [-0.39, 0.29) is 12.5 Å². The number of carbonyl (C=O) groups is 1. The molecule has 9 heteroatoms. The number of carbonyl (C=O) groups excluding carboxylic acids is 1. The molecule has 1 aliphatic rings. The highest BCUT2D eigenvalue weighted by atomic mass is 16.6. The molecule has 2 N–H and O–H groups in total. The van der Waals surface area contributed by atoms with Crippen LogP contribution < -0.4 is 19.5 Å². The molecule has 9 nitrogen and oxygen atoms in total. The molecule has 2 heterocycles. The third-order valence-corrected chi connectivity index (χ3v) is 5.60. The highest BCUT2D eigenvalue weighted by Crippen LogP contribution is 2.41. The van der Waals surface area contributed by atoms with Gasteiger partial charge in [0.1, 0.15) is 19.0 Å². The Kier molecular flexibility index (Phi) is 9.07. The average Bonchev–Trinajstić information content (AvgIpc) is 3.45. The molecule has 0 saturated carbocycles. The smallest absolute Gasteiger partial charge is 0.248 e. The van der Waals surface area contributed by atoms with Crippen LogP contribution >= 0.6 is 0 Å². The van der Waals surface area contributed by atoms with Gasteiger partial charge in [-0.15, -0.1) is 5.10 Å². The Bertz CT molecular complexity index is 1160. The predicted molar refractivity (Wildman–Crippen MR) is 137 cm³/mol. The lowest BCUT2D eigenvalue weighted by Crippen LogP contribution is -2.24. The third-order valence-electron chi connectivity index (χ3n) is 5.60. The molecule has 3 aromatic rings. The van der Waals surface area contributed by atoms with E-state index in [9.17, 15) is 4.79 Å². The number of amides is 1. The van der Waals surface area contributed by atoms with E-state index in [2.05, 4.69) is 45.0 Å². The summed E-state index contributed by atoms with van der Waals surface area (Å²) in [6, 6.07) is 12.9. The fourth-order valence-electron chi connectivity index (χ4n) is 3.67. The molecule has 0 fully saturated rings. The molecule has 0 bridgehead atoms. The molecule has 0 radical (unpaired) electrons. The van der Waals surface area contributed by atoms with Gasteiger partial charge in [0.15, 0.2) is 23.4 Å². The molecule has 0 spiro atoms. The Morgan fingerprint density at radius 3 is 2.86 bits per heavy atom. The molecule has 1 aliphatic heterocycles. The van der Waals surface area contributed by atoms with Gasteiger partial charge >= 0.3 is 0 Å². The number of unbranched alkanes of at least 4 members (excludes halogenated alkanes) is 4. The molecule has 1 aromatic heterocycles. The number of H-pyrrole nitrogens is 1. The van der Waals surface area contributed by atoms with Gasteiger partial charge in [0.25, 0.3) is 0 Å². The maximum absolute atomic E-state index is 12.6. The Balaban J connectivity index is 1.26. The minimum absolute atomic E-state index is 0.260. The maximum Gasteiger partial charge on any atom is 0.248 e. The van der Waals surface area contributed by atoms with Gasteiger partial charge in [0, 0.05) is 6.08 Å². The summed E-state index contributed by atoms with van der Waals surface area (Å²) in [5, 5.41) is 16.5. The first-order valence-electron chi connectivity index (χ1n) is 12.3. The summed E-state index contributed by atoms with van der Waals surface area (Å²) >= 11 is 0. The van der Waals surface area contributed by atoms with Gasteiger partial charge in [0.2, 0.25) is 5.91 Å². The first kappa shape index (κ1) is 25.0. The van der Waals surface area contributed by atoms with Crippen LogP contribution in [0.4, 0.5) is 5.69 Å². The Hall–Kier alpha value is -4.14. The molecule has 0 saturated heterocycles. The molecular weight excluding hydrogens is 458 g/mol. The summed E-state index contributed by atoms with van der Waals surface area (Å²) in [7, 11) is 0. The molecule has 188 valence electrons. The maximum atomic E-state index is 12.6. The number of ether oxygens (including phenoxy) is 3. The summed E-state index contributed by atoms with van der Waals surface area (Å²) in [6.07, 6.45) is 13.1. The van der Waals surface area contributed by atoms with E-state index in [0.717, 1.165) is 17.7 Å². The van der Waals surface area contributed by atoms with E-state index in [1.54, 1.807) is 24.3 Å². The standard InChI is InChI=1S/C27H31N5O4/c1-2-3-4-5-6-7-8-18-34-21-15-12-20(13-16-21)14-17-25(33)28-22-10-9-11-23-26(22)36-24(19-35-23)27-29-31-32-30-27/h7-17,24H,2-6,18-19H2,1H3,(H,28,33)(H,29,30,31,32)/b8-7+,17-14?. The summed E-state index contributed by atoms with van der Waals surface area (Å²) in [5.41, 5.74) is 1.39. The van der Waals surface area contributed by atoms with Crippen LogP contribution in [0.1, 0.15) is 56.5 Å². The van der Waals surface area contributed by atoms with Gasteiger partial charge < -0.3 is 19.5 Å². The number of hydrogen-bond donors (Lipinski definition) is 2. The van der Waals surface area contributed by atoms with Gasteiger partial charge in [-0.05, 0) is 59.2 Å². The summed E-state index contributed by atoms with van der Waals surface area (Å²) in [6.45, 7) is 3.03. The normalized spacial score (nSPS) is 14.9. The quantitative estimate of drug-likeness (QED) is 0.202. The van der Waals surface area contributed by atoms with E-state index >= 15 is 0 Å². The monoisotopic (exact) mass is 489 g/mol. The zero-order valence-corrected chi connectivity index (χ0v) is 20.4. The lowest BCUT2D eigenvalue weighted by Gasteiger charge is -2.26. The van der Waals surface area contributed by atoms with Crippen molar-refractivity contribution in [2.24, 2.45) is 0 Å². The minimum atomic E-state index is -0.497. The summed E-state index contributed by atoms with van der Waals surface area (Å²) in [5.74, 6) is 1.93. The zero-order chi connectivity index (χ0) is 25.0.